The van der Waals surface area contributed by atoms with E-state index >= 15 is 0 Å². The third-order valence-corrected chi connectivity index (χ3v) is 7.60. The summed E-state index contributed by atoms with van der Waals surface area (Å²) in [5.74, 6) is -0.876. The lowest BCUT2D eigenvalue weighted by atomic mass is 10.0. The Kier molecular flexibility index (Phi) is 9.99. The van der Waals surface area contributed by atoms with Gasteiger partial charge in [-0.15, -0.1) is 0 Å². The summed E-state index contributed by atoms with van der Waals surface area (Å²) in [4.78, 5) is 14.5. The molecule has 188 valence electrons. The lowest BCUT2D eigenvalue weighted by molar-refractivity contribution is 0.0305. The molecule has 2 amide bonds. The second kappa shape index (κ2) is 12.3. The molecule has 3 atom stereocenters. The number of hydrogen-bond acceptors (Lipinski definition) is 5. The Morgan fingerprint density at radius 3 is 2.29 bits per heavy atom. The highest BCUT2D eigenvalue weighted by molar-refractivity contribution is 7.89. The van der Waals surface area contributed by atoms with Crippen LogP contribution in [0.5, 0.6) is 0 Å². The minimum Gasteiger partial charge on any atom is -0.394 e. The number of anilines is 1. The number of hydrogen-bond donors (Lipinski definition) is 2. The van der Waals surface area contributed by atoms with E-state index in [0.717, 1.165) is 5.56 Å². The van der Waals surface area contributed by atoms with Crippen LogP contribution in [-0.2, 0) is 14.8 Å². The average molecular weight is 496 g/mol. The Morgan fingerprint density at radius 1 is 1.12 bits per heavy atom. The predicted octanol–water partition coefficient (Wildman–Crippen LogP) is 3.32. The zero-order valence-corrected chi connectivity index (χ0v) is 21.0. The molecule has 0 aromatic heterocycles. The van der Waals surface area contributed by atoms with Crippen LogP contribution < -0.4 is 5.32 Å². The highest BCUT2D eigenvalue weighted by Gasteiger charge is 2.30. The number of nitrogens with zero attached hydrogens (tertiary/aromatic N) is 2. The van der Waals surface area contributed by atoms with Crippen LogP contribution in [0.2, 0.25) is 0 Å². The highest BCUT2D eigenvalue weighted by atomic mass is 32.2. The Labute approximate surface area is 201 Å². The molecule has 2 N–H and O–H groups in total. The smallest absolute Gasteiger partial charge is 0.322 e. The van der Waals surface area contributed by atoms with Crippen molar-refractivity contribution in [3.63, 3.8) is 0 Å². The number of aliphatic hydroxyl groups excluding tert-OH is 1. The Balaban J connectivity index is 2.14. The SMILES string of the molecule is CO[C@@H](CN(C)S(=O)(=O)c1ccc(C)cc1)[C@H](C)CN(C(=O)Nc1ccccc1F)[C@H](C)CO. The molecule has 0 unspecified atom stereocenters. The van der Waals surface area contributed by atoms with Gasteiger partial charge in [0.25, 0.3) is 0 Å². The summed E-state index contributed by atoms with van der Waals surface area (Å²) in [6.07, 6.45) is -0.542. The van der Waals surface area contributed by atoms with Gasteiger partial charge < -0.3 is 20.1 Å². The summed E-state index contributed by atoms with van der Waals surface area (Å²) in [6, 6.07) is 11.3. The molecule has 0 spiro atoms. The maximum Gasteiger partial charge on any atom is 0.322 e. The molecule has 0 bridgehead atoms. The quantitative estimate of drug-likeness (QED) is 0.498. The van der Waals surface area contributed by atoms with Crippen molar-refractivity contribution < 1.29 is 27.4 Å². The van der Waals surface area contributed by atoms with Crippen LogP contribution in [0.25, 0.3) is 0 Å². The van der Waals surface area contributed by atoms with Gasteiger partial charge in [-0.25, -0.2) is 17.6 Å². The van der Waals surface area contributed by atoms with E-state index in [1.54, 1.807) is 37.3 Å². The zero-order chi connectivity index (χ0) is 25.5. The Bertz CT molecular complexity index is 1050. The average Bonchev–Trinajstić information content (AvgIpc) is 2.81. The molecule has 0 aliphatic heterocycles. The molecule has 0 aliphatic rings. The van der Waals surface area contributed by atoms with Crippen molar-refractivity contribution in [2.24, 2.45) is 5.92 Å². The van der Waals surface area contributed by atoms with Crippen LogP contribution in [0.15, 0.2) is 53.4 Å². The third-order valence-electron chi connectivity index (χ3n) is 5.76. The number of urea groups is 1. The fourth-order valence-corrected chi connectivity index (χ4v) is 4.65. The van der Waals surface area contributed by atoms with E-state index in [9.17, 15) is 22.7 Å². The topological polar surface area (TPSA) is 99.2 Å². The number of aliphatic hydroxyl groups is 1. The van der Waals surface area contributed by atoms with Gasteiger partial charge in [0.15, 0.2) is 0 Å². The minimum atomic E-state index is -3.73. The molecule has 0 saturated carbocycles. The lowest BCUT2D eigenvalue weighted by Crippen LogP contribution is -2.49. The fraction of sp³-hybridized carbons (Fsp3) is 0.458. The van der Waals surface area contributed by atoms with Gasteiger partial charge in [-0.1, -0.05) is 36.8 Å². The molecule has 34 heavy (non-hydrogen) atoms. The van der Waals surface area contributed by atoms with Crippen LogP contribution in [0.3, 0.4) is 0 Å². The number of carbonyl (C=O) groups excluding carboxylic acids is 1. The number of sulfonamides is 1. The van der Waals surface area contributed by atoms with Gasteiger partial charge in [0, 0.05) is 33.2 Å². The summed E-state index contributed by atoms with van der Waals surface area (Å²) in [5, 5.41) is 12.2. The van der Waals surface area contributed by atoms with Crippen LogP contribution >= 0.6 is 0 Å². The van der Waals surface area contributed by atoms with Crippen LogP contribution in [-0.4, -0.2) is 74.8 Å². The monoisotopic (exact) mass is 495 g/mol. The molecular formula is C24H34FN3O5S. The summed E-state index contributed by atoms with van der Waals surface area (Å²) >= 11 is 0. The molecule has 0 saturated heterocycles. The molecular weight excluding hydrogens is 461 g/mol. The van der Waals surface area contributed by atoms with Gasteiger partial charge in [-0.3, -0.25) is 0 Å². The Morgan fingerprint density at radius 2 is 1.74 bits per heavy atom. The van der Waals surface area contributed by atoms with E-state index in [1.165, 1.54) is 41.6 Å². The van der Waals surface area contributed by atoms with Gasteiger partial charge in [-0.05, 0) is 38.1 Å². The molecule has 0 aliphatic carbocycles. The first kappa shape index (κ1) is 27.7. The number of rotatable bonds is 11. The molecule has 0 heterocycles. The van der Waals surface area contributed by atoms with Gasteiger partial charge in [0.1, 0.15) is 5.82 Å². The van der Waals surface area contributed by atoms with E-state index < -0.39 is 34.0 Å². The second-order valence-corrected chi connectivity index (χ2v) is 10.5. The number of ether oxygens (including phenoxy) is 1. The van der Waals surface area contributed by atoms with Crippen LogP contribution in [0, 0.1) is 18.7 Å². The first-order valence-electron chi connectivity index (χ1n) is 11.0. The minimum absolute atomic E-state index is 0.0301. The molecule has 10 heteroatoms. The van der Waals surface area contributed by atoms with Crippen molar-refractivity contribution in [2.75, 3.05) is 39.2 Å². The molecule has 0 fully saturated rings. The van der Waals surface area contributed by atoms with Crippen LogP contribution in [0.4, 0.5) is 14.9 Å². The summed E-state index contributed by atoms with van der Waals surface area (Å²) in [5.41, 5.74) is 0.985. The number of amides is 2. The number of methoxy groups -OCH3 is 1. The van der Waals surface area contributed by atoms with Crippen molar-refractivity contribution in [3.8, 4) is 0 Å². The fourth-order valence-electron chi connectivity index (χ4n) is 3.47. The van der Waals surface area contributed by atoms with Crippen molar-refractivity contribution in [2.45, 2.75) is 37.8 Å². The second-order valence-electron chi connectivity index (χ2n) is 8.44. The molecule has 2 aromatic rings. The van der Waals surface area contributed by atoms with E-state index in [4.69, 9.17) is 4.74 Å². The van der Waals surface area contributed by atoms with Crippen molar-refractivity contribution in [3.05, 3.63) is 59.9 Å². The van der Waals surface area contributed by atoms with E-state index in [2.05, 4.69) is 5.32 Å². The van der Waals surface area contributed by atoms with Gasteiger partial charge >= 0.3 is 6.03 Å². The number of likely N-dealkylation sites (N-methyl/N-ethyl adjacent to an activating group) is 1. The number of nitrogens with one attached hydrogen (secondary N) is 1. The highest BCUT2D eigenvalue weighted by Crippen LogP contribution is 2.20. The first-order valence-corrected chi connectivity index (χ1v) is 12.4. The van der Waals surface area contributed by atoms with Crippen molar-refractivity contribution >= 4 is 21.7 Å². The predicted molar refractivity (Wildman–Crippen MR) is 130 cm³/mol. The van der Waals surface area contributed by atoms with E-state index in [0.29, 0.717) is 0 Å². The number of benzene rings is 2. The zero-order valence-electron chi connectivity index (χ0n) is 20.2. The molecule has 2 rings (SSSR count). The number of para-hydroxylation sites is 1. The molecule has 0 radical (unpaired) electrons. The van der Waals surface area contributed by atoms with Crippen molar-refractivity contribution in [1.82, 2.24) is 9.21 Å². The van der Waals surface area contributed by atoms with Crippen molar-refractivity contribution in [1.29, 1.82) is 0 Å². The maximum absolute atomic E-state index is 14.0. The van der Waals surface area contributed by atoms with E-state index in [1.807, 2.05) is 13.8 Å². The standard InChI is InChI=1S/C24H34FN3O5S/c1-17-10-12-20(13-11-17)34(31,32)27(4)15-23(33-5)18(2)14-28(19(3)16-29)24(30)26-22-9-7-6-8-21(22)25/h6-13,18-19,23,29H,14-16H2,1-5H3,(H,26,30)/t18-,19-,23+/m1/s1. The summed E-state index contributed by atoms with van der Waals surface area (Å²) in [7, 11) is -0.769. The lowest BCUT2D eigenvalue weighted by Gasteiger charge is -2.34. The summed E-state index contributed by atoms with van der Waals surface area (Å²) < 4.78 is 46.7. The van der Waals surface area contributed by atoms with Gasteiger partial charge in [0.2, 0.25) is 10.0 Å². The summed E-state index contributed by atoms with van der Waals surface area (Å²) in [6.45, 7) is 5.29. The third kappa shape index (κ3) is 6.99. The van der Waals surface area contributed by atoms with Gasteiger partial charge in [-0.2, -0.15) is 4.31 Å². The van der Waals surface area contributed by atoms with Gasteiger partial charge in [0.05, 0.1) is 29.3 Å². The normalized spacial score (nSPS) is 14.5. The largest absolute Gasteiger partial charge is 0.394 e. The van der Waals surface area contributed by atoms with Crippen LogP contribution in [0.1, 0.15) is 19.4 Å². The Hall–Kier alpha value is -2.53. The number of halogens is 1. The molecule has 2 aromatic carbocycles. The molecule has 8 nitrogen and oxygen atoms in total. The number of aryl methyl sites for hydroxylation is 1. The van der Waals surface area contributed by atoms with E-state index in [-0.39, 0.29) is 36.2 Å². The first-order chi connectivity index (χ1) is 16.0. The number of carbonyl (C=O) groups is 1. The maximum atomic E-state index is 14.0.